The number of esters is 1. The average Bonchev–Trinajstić information content (AvgIpc) is 2.35. The van der Waals surface area contributed by atoms with Crippen LogP contribution in [0.4, 0.5) is 0 Å². The summed E-state index contributed by atoms with van der Waals surface area (Å²) in [5.41, 5.74) is 1.41. The maximum Gasteiger partial charge on any atom is 0.333 e. The van der Waals surface area contributed by atoms with E-state index < -0.39 is 0 Å². The summed E-state index contributed by atoms with van der Waals surface area (Å²) in [7, 11) is 3.93. The molecular formula is C15H22ClNO2. The lowest BCUT2D eigenvalue weighted by Gasteiger charge is -2.29. The topological polar surface area (TPSA) is 29.5 Å². The van der Waals surface area contributed by atoms with Crippen LogP contribution in [0, 0.1) is 0 Å². The van der Waals surface area contributed by atoms with E-state index in [0.29, 0.717) is 5.57 Å². The molecule has 0 amide bonds. The molecule has 0 aromatic heterocycles. The van der Waals surface area contributed by atoms with Gasteiger partial charge in [-0.1, -0.05) is 36.9 Å². The second-order valence-corrected chi connectivity index (χ2v) is 4.72. The van der Waals surface area contributed by atoms with E-state index in [1.54, 1.807) is 6.92 Å². The zero-order valence-electron chi connectivity index (χ0n) is 11.9. The summed E-state index contributed by atoms with van der Waals surface area (Å²) >= 11 is 0. The minimum Gasteiger partial charge on any atom is -0.452 e. The summed E-state index contributed by atoms with van der Waals surface area (Å²) < 4.78 is 5.54. The van der Waals surface area contributed by atoms with Crippen molar-refractivity contribution < 1.29 is 9.53 Å². The third kappa shape index (κ3) is 5.05. The van der Waals surface area contributed by atoms with Crippen LogP contribution in [-0.2, 0) is 9.53 Å². The lowest BCUT2D eigenvalue weighted by atomic mass is 10.0. The highest BCUT2D eigenvalue weighted by atomic mass is 35.5. The number of ether oxygens (including phenoxy) is 1. The van der Waals surface area contributed by atoms with E-state index in [1.807, 2.05) is 56.3 Å². The zero-order chi connectivity index (χ0) is 13.7. The maximum atomic E-state index is 11.7. The van der Waals surface area contributed by atoms with E-state index in [9.17, 15) is 4.79 Å². The second-order valence-electron chi connectivity index (χ2n) is 4.72. The molecule has 0 spiro atoms. The fraction of sp³-hybridized carbons (Fsp3) is 0.400. The minimum atomic E-state index is -0.349. The van der Waals surface area contributed by atoms with Crippen LogP contribution in [0.1, 0.15) is 25.5 Å². The lowest BCUT2D eigenvalue weighted by Crippen LogP contribution is -2.33. The van der Waals surface area contributed by atoms with E-state index in [-0.39, 0.29) is 30.5 Å². The molecule has 2 unspecified atom stereocenters. The Bertz CT molecular complexity index is 417. The van der Waals surface area contributed by atoms with Gasteiger partial charge in [-0.15, -0.1) is 12.4 Å². The fourth-order valence-corrected chi connectivity index (χ4v) is 1.57. The summed E-state index contributed by atoms with van der Waals surface area (Å²) in [4.78, 5) is 13.7. The quantitative estimate of drug-likeness (QED) is 0.614. The Hall–Kier alpha value is -1.32. The molecule has 0 saturated heterocycles. The Labute approximate surface area is 121 Å². The fourth-order valence-electron chi connectivity index (χ4n) is 1.57. The van der Waals surface area contributed by atoms with Crippen LogP contribution in [0.15, 0.2) is 42.5 Å². The number of likely N-dealkylation sites (N-methyl/N-ethyl adjacent to an activating group) is 1. The lowest BCUT2D eigenvalue weighted by molar-refractivity contribution is -0.147. The van der Waals surface area contributed by atoms with Gasteiger partial charge in [0.25, 0.3) is 0 Å². The molecule has 0 N–H and O–H groups in total. The Balaban J connectivity index is 0.00000324. The normalized spacial score (nSPS) is 13.3. The molecule has 1 aromatic rings. The molecule has 0 aliphatic heterocycles. The van der Waals surface area contributed by atoms with E-state index >= 15 is 0 Å². The van der Waals surface area contributed by atoms with Gasteiger partial charge in [-0.05, 0) is 33.5 Å². The van der Waals surface area contributed by atoms with Gasteiger partial charge in [0.15, 0.2) is 0 Å². The average molecular weight is 284 g/mol. The van der Waals surface area contributed by atoms with Gasteiger partial charge in [0.05, 0.1) is 0 Å². The predicted octanol–water partition coefficient (Wildman–Crippen LogP) is 3.22. The molecule has 0 fully saturated rings. The van der Waals surface area contributed by atoms with Crippen LogP contribution in [0.3, 0.4) is 0 Å². The number of rotatable bonds is 5. The molecule has 2 atom stereocenters. The largest absolute Gasteiger partial charge is 0.452 e. The van der Waals surface area contributed by atoms with E-state index in [2.05, 4.69) is 6.58 Å². The third-order valence-electron chi connectivity index (χ3n) is 2.96. The summed E-state index contributed by atoms with van der Waals surface area (Å²) in [5.74, 6) is -0.349. The molecule has 0 aliphatic rings. The molecular weight excluding hydrogens is 262 g/mol. The number of hydrogen-bond donors (Lipinski definition) is 0. The van der Waals surface area contributed by atoms with Crippen LogP contribution >= 0.6 is 12.4 Å². The van der Waals surface area contributed by atoms with Crippen molar-refractivity contribution in [3.63, 3.8) is 0 Å². The van der Waals surface area contributed by atoms with Crippen molar-refractivity contribution in [2.24, 2.45) is 0 Å². The van der Waals surface area contributed by atoms with Crippen LogP contribution < -0.4 is 0 Å². The summed E-state index contributed by atoms with van der Waals surface area (Å²) in [6, 6.07) is 9.86. The summed E-state index contributed by atoms with van der Waals surface area (Å²) in [5, 5.41) is 0. The smallest absolute Gasteiger partial charge is 0.333 e. The highest BCUT2D eigenvalue weighted by Gasteiger charge is 2.25. The van der Waals surface area contributed by atoms with E-state index in [4.69, 9.17) is 4.74 Å². The standard InChI is InChI=1S/C15H21NO2.ClH/c1-11(2)15(17)18-14(12(3)16(4)5)13-9-7-6-8-10-13;/h6-10,12,14H,1H2,2-5H3;1H. The molecule has 19 heavy (non-hydrogen) atoms. The number of halogens is 1. The molecule has 0 bridgehead atoms. The van der Waals surface area contributed by atoms with Crippen molar-refractivity contribution in [3.05, 3.63) is 48.0 Å². The van der Waals surface area contributed by atoms with Crippen molar-refractivity contribution in [2.45, 2.75) is 26.0 Å². The first-order chi connectivity index (χ1) is 8.43. The van der Waals surface area contributed by atoms with Crippen molar-refractivity contribution in [1.82, 2.24) is 4.90 Å². The molecule has 0 radical (unpaired) electrons. The van der Waals surface area contributed by atoms with E-state index in [0.717, 1.165) is 5.56 Å². The Morgan fingerprint density at radius 1 is 1.26 bits per heavy atom. The van der Waals surface area contributed by atoms with Gasteiger partial charge < -0.3 is 9.64 Å². The molecule has 0 heterocycles. The van der Waals surface area contributed by atoms with Gasteiger partial charge in [0.1, 0.15) is 6.10 Å². The highest BCUT2D eigenvalue weighted by Crippen LogP contribution is 2.24. The zero-order valence-corrected chi connectivity index (χ0v) is 12.7. The van der Waals surface area contributed by atoms with Crippen LogP contribution in [0.5, 0.6) is 0 Å². The highest BCUT2D eigenvalue weighted by molar-refractivity contribution is 5.87. The molecule has 3 nitrogen and oxygen atoms in total. The predicted molar refractivity (Wildman–Crippen MR) is 80.5 cm³/mol. The van der Waals surface area contributed by atoms with Crippen LogP contribution in [0.2, 0.25) is 0 Å². The van der Waals surface area contributed by atoms with Crippen molar-refractivity contribution in [3.8, 4) is 0 Å². The van der Waals surface area contributed by atoms with Gasteiger partial charge in [0, 0.05) is 11.6 Å². The Morgan fingerprint density at radius 3 is 2.21 bits per heavy atom. The number of carbonyl (C=O) groups is 1. The second kappa shape index (κ2) is 7.97. The number of nitrogens with zero attached hydrogens (tertiary/aromatic N) is 1. The van der Waals surface area contributed by atoms with E-state index in [1.165, 1.54) is 0 Å². The van der Waals surface area contributed by atoms with Gasteiger partial charge in [-0.2, -0.15) is 0 Å². The minimum absolute atomic E-state index is 0. The van der Waals surface area contributed by atoms with Gasteiger partial charge in [-0.25, -0.2) is 4.79 Å². The first-order valence-electron chi connectivity index (χ1n) is 6.01. The summed E-state index contributed by atoms with van der Waals surface area (Å²) in [6.07, 6.45) is -0.287. The first kappa shape index (κ1) is 17.7. The number of benzene rings is 1. The van der Waals surface area contributed by atoms with Crippen molar-refractivity contribution in [1.29, 1.82) is 0 Å². The van der Waals surface area contributed by atoms with Gasteiger partial charge >= 0.3 is 5.97 Å². The van der Waals surface area contributed by atoms with Gasteiger partial charge in [0.2, 0.25) is 0 Å². The Kier molecular flexibility index (Phi) is 7.42. The van der Waals surface area contributed by atoms with Crippen LogP contribution in [0.25, 0.3) is 0 Å². The molecule has 0 saturated carbocycles. The maximum absolute atomic E-state index is 11.7. The van der Waals surface area contributed by atoms with Gasteiger partial charge in [-0.3, -0.25) is 0 Å². The first-order valence-corrected chi connectivity index (χ1v) is 6.01. The third-order valence-corrected chi connectivity index (χ3v) is 2.96. The molecule has 4 heteroatoms. The Morgan fingerprint density at radius 2 is 1.79 bits per heavy atom. The van der Waals surface area contributed by atoms with Crippen LogP contribution in [-0.4, -0.2) is 31.0 Å². The number of carbonyl (C=O) groups excluding carboxylic acids is 1. The van der Waals surface area contributed by atoms with Crippen molar-refractivity contribution in [2.75, 3.05) is 14.1 Å². The SMILES string of the molecule is C=C(C)C(=O)OC(c1ccccc1)C(C)N(C)C.Cl. The molecule has 0 aliphatic carbocycles. The molecule has 106 valence electrons. The molecule has 1 rings (SSSR count). The number of hydrogen-bond acceptors (Lipinski definition) is 3. The monoisotopic (exact) mass is 283 g/mol. The molecule has 1 aromatic carbocycles. The van der Waals surface area contributed by atoms with Crippen molar-refractivity contribution >= 4 is 18.4 Å². The summed E-state index contributed by atoms with van der Waals surface area (Å²) in [6.45, 7) is 7.31.